The first-order chi connectivity index (χ1) is 6.16. The lowest BCUT2D eigenvalue weighted by Gasteiger charge is -2.04. The maximum Gasteiger partial charge on any atom is 0.165 e. The number of carbonyl (C=O) groups excluding carboxylic acids is 1. The maximum absolute atomic E-state index is 12.9. The summed E-state index contributed by atoms with van der Waals surface area (Å²) in [5.74, 6) is -2.27. The molecule has 1 aromatic rings. The Hall–Kier alpha value is -1.45. The number of phenols is 1. The molecule has 0 fully saturated rings. The van der Waals surface area contributed by atoms with Gasteiger partial charge in [0.1, 0.15) is 12.1 Å². The molecule has 13 heavy (non-hydrogen) atoms. The molecule has 0 aliphatic heterocycles. The van der Waals surface area contributed by atoms with E-state index in [0.29, 0.717) is 6.29 Å². The number of aromatic hydroxyl groups is 1. The molecular formula is C9H8F2O2. The molecule has 0 amide bonds. The van der Waals surface area contributed by atoms with Gasteiger partial charge in [0.15, 0.2) is 11.6 Å². The fourth-order valence-electron chi connectivity index (χ4n) is 1.02. The Labute approximate surface area is 73.8 Å². The maximum atomic E-state index is 12.9. The highest BCUT2D eigenvalue weighted by molar-refractivity contribution is 5.51. The highest BCUT2D eigenvalue weighted by Crippen LogP contribution is 2.24. The summed E-state index contributed by atoms with van der Waals surface area (Å²) < 4.78 is 25.6. The van der Waals surface area contributed by atoms with Gasteiger partial charge in [-0.3, -0.25) is 0 Å². The van der Waals surface area contributed by atoms with Crippen LogP contribution in [0.3, 0.4) is 0 Å². The SMILES string of the molecule is O=CCCc1c(F)ccc(F)c1O. The van der Waals surface area contributed by atoms with Crippen molar-refractivity contribution in [3.63, 3.8) is 0 Å². The van der Waals surface area contributed by atoms with Gasteiger partial charge in [0.2, 0.25) is 0 Å². The quantitative estimate of drug-likeness (QED) is 0.731. The Balaban J connectivity index is 3.02. The average Bonchev–Trinajstić information content (AvgIpc) is 2.12. The third kappa shape index (κ3) is 2.02. The summed E-state index contributed by atoms with van der Waals surface area (Å²) in [4.78, 5) is 9.99. The van der Waals surface area contributed by atoms with E-state index in [9.17, 15) is 13.6 Å². The second-order valence-electron chi connectivity index (χ2n) is 2.56. The van der Waals surface area contributed by atoms with E-state index in [4.69, 9.17) is 5.11 Å². The van der Waals surface area contributed by atoms with Crippen molar-refractivity contribution >= 4 is 6.29 Å². The number of rotatable bonds is 3. The van der Waals surface area contributed by atoms with Crippen LogP contribution in [0.2, 0.25) is 0 Å². The topological polar surface area (TPSA) is 37.3 Å². The summed E-state index contributed by atoms with van der Waals surface area (Å²) in [5, 5.41) is 9.07. The summed E-state index contributed by atoms with van der Waals surface area (Å²) >= 11 is 0. The minimum atomic E-state index is -0.873. The van der Waals surface area contributed by atoms with E-state index in [0.717, 1.165) is 12.1 Å². The van der Waals surface area contributed by atoms with Crippen LogP contribution in [0.1, 0.15) is 12.0 Å². The number of carbonyl (C=O) groups is 1. The van der Waals surface area contributed by atoms with Crippen LogP contribution in [-0.2, 0) is 11.2 Å². The molecule has 2 nitrogen and oxygen atoms in total. The number of aldehydes is 1. The molecule has 0 aliphatic rings. The Bertz CT molecular complexity index is 324. The van der Waals surface area contributed by atoms with Gasteiger partial charge < -0.3 is 9.90 Å². The number of halogens is 2. The summed E-state index contributed by atoms with van der Waals surface area (Å²) in [6.07, 6.45) is 0.663. The summed E-state index contributed by atoms with van der Waals surface area (Å²) in [7, 11) is 0. The smallest absolute Gasteiger partial charge is 0.165 e. The molecule has 0 saturated heterocycles. The summed E-state index contributed by atoms with van der Waals surface area (Å²) in [5.41, 5.74) is -0.146. The third-order valence-corrected chi connectivity index (χ3v) is 1.69. The monoisotopic (exact) mass is 186 g/mol. The molecule has 1 aromatic carbocycles. The molecule has 1 rings (SSSR count). The predicted molar refractivity (Wildman–Crippen MR) is 42.4 cm³/mol. The van der Waals surface area contributed by atoms with Crippen molar-refractivity contribution in [3.05, 3.63) is 29.3 Å². The van der Waals surface area contributed by atoms with Crippen LogP contribution in [0, 0.1) is 11.6 Å². The lowest BCUT2D eigenvalue weighted by atomic mass is 10.1. The zero-order chi connectivity index (χ0) is 9.84. The number of benzene rings is 1. The van der Waals surface area contributed by atoms with Gasteiger partial charge in [0.05, 0.1) is 0 Å². The van der Waals surface area contributed by atoms with E-state index in [2.05, 4.69) is 0 Å². The van der Waals surface area contributed by atoms with Crippen molar-refractivity contribution in [2.45, 2.75) is 12.8 Å². The van der Waals surface area contributed by atoms with E-state index >= 15 is 0 Å². The Morgan fingerprint density at radius 1 is 1.31 bits per heavy atom. The number of hydrogen-bond donors (Lipinski definition) is 1. The predicted octanol–water partition coefficient (Wildman–Crippen LogP) is 1.80. The summed E-state index contributed by atoms with van der Waals surface area (Å²) in [6.45, 7) is 0. The van der Waals surface area contributed by atoms with E-state index in [1.165, 1.54) is 0 Å². The molecule has 0 aromatic heterocycles. The molecule has 0 aliphatic carbocycles. The molecule has 0 spiro atoms. The first-order valence-corrected chi connectivity index (χ1v) is 3.76. The second kappa shape index (κ2) is 3.98. The van der Waals surface area contributed by atoms with Gasteiger partial charge in [-0.15, -0.1) is 0 Å². The zero-order valence-corrected chi connectivity index (χ0v) is 6.76. The Kier molecular flexibility index (Phi) is 2.95. The lowest BCUT2D eigenvalue weighted by molar-refractivity contribution is -0.107. The molecule has 0 bridgehead atoms. The first kappa shape index (κ1) is 9.64. The Morgan fingerprint density at radius 3 is 2.54 bits per heavy atom. The highest BCUT2D eigenvalue weighted by atomic mass is 19.1. The fourth-order valence-corrected chi connectivity index (χ4v) is 1.02. The molecule has 1 N–H and O–H groups in total. The van der Waals surface area contributed by atoms with Gasteiger partial charge in [-0.2, -0.15) is 0 Å². The van der Waals surface area contributed by atoms with Crippen molar-refractivity contribution in [2.75, 3.05) is 0 Å². The van der Waals surface area contributed by atoms with Crippen LogP contribution < -0.4 is 0 Å². The van der Waals surface area contributed by atoms with Crippen molar-refractivity contribution in [1.82, 2.24) is 0 Å². The molecule has 0 heterocycles. The zero-order valence-electron chi connectivity index (χ0n) is 6.76. The minimum absolute atomic E-state index is 0.0128. The van der Waals surface area contributed by atoms with Gasteiger partial charge in [0.25, 0.3) is 0 Å². The Morgan fingerprint density at radius 2 is 1.92 bits per heavy atom. The second-order valence-corrected chi connectivity index (χ2v) is 2.56. The summed E-state index contributed by atoms with van der Waals surface area (Å²) in [6, 6.07) is 1.77. The number of phenolic OH excluding ortho intramolecular Hbond substituents is 1. The van der Waals surface area contributed by atoms with Gasteiger partial charge >= 0.3 is 0 Å². The normalized spacial score (nSPS) is 10.0. The van der Waals surface area contributed by atoms with Crippen molar-refractivity contribution < 1.29 is 18.7 Å². The molecule has 0 radical (unpaired) electrons. The van der Waals surface area contributed by atoms with Crippen molar-refractivity contribution in [1.29, 1.82) is 0 Å². The number of hydrogen-bond acceptors (Lipinski definition) is 2. The molecular weight excluding hydrogens is 178 g/mol. The molecule has 0 atom stereocenters. The largest absolute Gasteiger partial charge is 0.505 e. The van der Waals surface area contributed by atoms with Gasteiger partial charge in [-0.1, -0.05) is 0 Å². The molecule has 70 valence electrons. The van der Waals surface area contributed by atoms with E-state index in [-0.39, 0.29) is 18.4 Å². The molecule has 0 saturated carbocycles. The van der Waals surface area contributed by atoms with Crippen LogP contribution in [0.25, 0.3) is 0 Å². The lowest BCUT2D eigenvalue weighted by Crippen LogP contribution is -1.94. The molecule has 4 heteroatoms. The minimum Gasteiger partial charge on any atom is -0.505 e. The van der Waals surface area contributed by atoms with E-state index < -0.39 is 17.4 Å². The van der Waals surface area contributed by atoms with Gasteiger partial charge in [-0.05, 0) is 18.6 Å². The van der Waals surface area contributed by atoms with E-state index in [1.807, 2.05) is 0 Å². The van der Waals surface area contributed by atoms with Crippen LogP contribution in [-0.4, -0.2) is 11.4 Å². The standard InChI is InChI=1S/C9H8F2O2/c10-7-3-4-8(11)9(13)6(7)2-1-5-12/h3-5,13H,1-2H2. The molecule has 0 unspecified atom stereocenters. The van der Waals surface area contributed by atoms with Crippen molar-refractivity contribution in [3.8, 4) is 5.75 Å². The average molecular weight is 186 g/mol. The van der Waals surface area contributed by atoms with Crippen molar-refractivity contribution in [2.24, 2.45) is 0 Å². The van der Waals surface area contributed by atoms with Crippen LogP contribution in [0.15, 0.2) is 12.1 Å². The third-order valence-electron chi connectivity index (χ3n) is 1.69. The van der Waals surface area contributed by atoms with Gasteiger partial charge in [-0.25, -0.2) is 8.78 Å². The van der Waals surface area contributed by atoms with Crippen LogP contribution >= 0.6 is 0 Å². The van der Waals surface area contributed by atoms with Crippen LogP contribution in [0.4, 0.5) is 8.78 Å². The highest BCUT2D eigenvalue weighted by Gasteiger charge is 2.11. The van der Waals surface area contributed by atoms with Gasteiger partial charge in [0, 0.05) is 12.0 Å². The van der Waals surface area contributed by atoms with E-state index in [1.54, 1.807) is 0 Å². The fraction of sp³-hybridized carbons (Fsp3) is 0.222. The first-order valence-electron chi connectivity index (χ1n) is 3.76. The van der Waals surface area contributed by atoms with Crippen LogP contribution in [0.5, 0.6) is 5.75 Å².